The summed E-state index contributed by atoms with van der Waals surface area (Å²) in [5, 5.41) is 22.3. The second kappa shape index (κ2) is 36.6. The summed E-state index contributed by atoms with van der Waals surface area (Å²) in [4.78, 5) is 163. The largest absolute Gasteiger partial charge is 0.378 e. The van der Waals surface area contributed by atoms with Crippen LogP contribution in [0.4, 0.5) is 52.9 Å². The molecular weight excluding hydrogens is 1620 g/mol. The number of ketones is 4. The van der Waals surface area contributed by atoms with Gasteiger partial charge in [0.1, 0.15) is 51.7 Å². The van der Waals surface area contributed by atoms with E-state index in [0.29, 0.717) is 97.9 Å². The van der Waals surface area contributed by atoms with Crippen molar-refractivity contribution in [3.05, 3.63) is 199 Å². The summed E-state index contributed by atoms with van der Waals surface area (Å²) < 4.78 is 12.3. The van der Waals surface area contributed by atoms with Crippen molar-refractivity contribution in [1.29, 1.82) is 0 Å². The highest BCUT2D eigenvalue weighted by Crippen LogP contribution is 2.39. The van der Waals surface area contributed by atoms with E-state index in [1.54, 1.807) is 70.8 Å². The van der Waals surface area contributed by atoms with Gasteiger partial charge >= 0.3 is 0 Å². The Kier molecular flexibility index (Phi) is 24.6. The van der Waals surface area contributed by atoms with Gasteiger partial charge in [-0.2, -0.15) is 19.9 Å². The minimum atomic E-state index is -0.246. The van der Waals surface area contributed by atoms with E-state index in [2.05, 4.69) is 90.7 Å². The smallest absolute Gasteiger partial charge is 0.263 e. The first kappa shape index (κ1) is 86.0. The Balaban J connectivity index is 0.000000116. The standard InChI is InChI=1S/C26H30N6O3.C25H30N6O2.2C22H24N6O2/c1-15-20-11-27-26(30-24(20)32(18-5-3-4-6-18)25(34)23(15)16(2)33)29-22-8-7-17-12-31(19-13-35-14-19)10-9-21(17)28-22;1-4-30-12-11-20-17(14-30)9-10-21(27-20)28-25-26-13-19-15(2)22(16(3)32)24(33)31(23(19)29-25)18-7-5-6-8-18;1-12-16-10-24-22(26-18-8-7-14-9-23-11-17(14)25-18)27-20(16)28(15-5-3-4-6-15)21(30)19(12)13(2)29;1-12-16-11-24-22(26-17-8-7-14-9-10-23-19(14)25-17)27-20(16)28(15-5-3-4-6-15)21(30)18(12)13(2)29/h7-8,11,18-19H,3-6,9-10,12-14H2,1-2H3,(H,27,28,29,30);9-10,13,18H,4-8,11-12,14H2,1-3H3,(H,26,27,28,29);7-8,10,15,23H,3-6,9,11H2,1-2H3,(H,24,25,26,27);7-8,11,15H,3-6,9-10H2,1-2H3,(H2,23,24,25,26,27). The molecule has 9 aliphatic rings. The molecule has 21 rings (SSSR count). The van der Waals surface area contributed by atoms with Gasteiger partial charge in [-0.15, -0.1) is 0 Å². The summed E-state index contributed by atoms with van der Waals surface area (Å²) in [5.41, 5.74) is 13.0. The van der Waals surface area contributed by atoms with E-state index in [-0.39, 0.29) is 91.8 Å². The molecule has 0 unspecified atom stereocenters. The monoisotopic (exact) mass is 1730 g/mol. The number of Topliss-reactive ketones (excluding diaryl/α,β-unsaturated/α-hetero) is 4. The summed E-state index contributed by atoms with van der Waals surface area (Å²) in [5.74, 6) is 4.29. The number of likely N-dealkylation sites (N-methyl/N-ethyl adjacent to an activating group) is 1. The van der Waals surface area contributed by atoms with Crippen molar-refractivity contribution in [3.63, 3.8) is 0 Å². The van der Waals surface area contributed by atoms with Crippen molar-refractivity contribution < 1.29 is 23.9 Å². The maximum Gasteiger partial charge on any atom is 0.263 e. The molecule has 0 radical (unpaired) electrons. The Bertz CT molecular complexity index is 6520. The number of pyridine rings is 8. The summed E-state index contributed by atoms with van der Waals surface area (Å²) in [6, 6.07) is 16.8. The highest BCUT2D eigenvalue weighted by molar-refractivity contribution is 6.02. The average molecular weight is 1730 g/mol. The Morgan fingerprint density at radius 3 is 1.08 bits per heavy atom. The number of rotatable bonds is 18. The predicted octanol–water partition coefficient (Wildman–Crippen LogP) is 13.9. The first-order chi connectivity index (χ1) is 62.0. The molecule has 33 heteroatoms. The molecule has 662 valence electrons. The Morgan fingerprint density at radius 1 is 0.391 bits per heavy atom. The highest BCUT2D eigenvalue weighted by atomic mass is 16.5. The molecule has 0 amide bonds. The van der Waals surface area contributed by atoms with E-state index < -0.39 is 0 Å². The van der Waals surface area contributed by atoms with Crippen molar-refractivity contribution in [3.8, 4) is 0 Å². The minimum Gasteiger partial charge on any atom is -0.378 e. The highest BCUT2D eigenvalue weighted by Gasteiger charge is 2.34. The van der Waals surface area contributed by atoms with Crippen molar-refractivity contribution in [2.75, 3.05) is 66.0 Å². The normalized spacial score (nSPS) is 17.1. The zero-order valence-electron chi connectivity index (χ0n) is 74.0. The van der Waals surface area contributed by atoms with Gasteiger partial charge in [-0.3, -0.25) is 66.4 Å². The second-order valence-corrected chi connectivity index (χ2v) is 35.3. The van der Waals surface area contributed by atoms with Gasteiger partial charge in [0, 0.05) is 141 Å². The lowest BCUT2D eigenvalue weighted by atomic mass is 10.0. The Hall–Kier alpha value is -12.7. The number of aromatic nitrogens is 16. The number of fused-ring (bicyclic) bond motifs is 8. The zero-order valence-corrected chi connectivity index (χ0v) is 74.0. The molecule has 1 saturated heterocycles. The topological polar surface area (TPSA) is 399 Å². The SMILES string of the molecule is CC(=O)c1c(C)c2cnc(Nc3ccc4c(n3)CCN(C3COC3)C4)nc2n(C2CCCC2)c1=O.CC(=O)c1c(C)c2cnc(Nc3ccc4c(n3)CNC4)nc2n(C2CCCC2)c1=O.CC(=O)c1c(C)c2cnc(Nc3ccc4c(n3)NCC4)nc2n(C2CCCC2)c1=O.CCN1CCc2nc(Nc3ncc4c(C)c(C(C)=O)c(=O)n(C5CCCC5)c4n3)ccc2C1. The first-order valence-corrected chi connectivity index (χ1v) is 45.2. The van der Waals surface area contributed by atoms with Crippen LogP contribution in [0.15, 0.2) is 92.5 Å². The van der Waals surface area contributed by atoms with Gasteiger partial charge in [0.25, 0.3) is 22.2 Å². The molecule has 0 spiro atoms. The second-order valence-electron chi connectivity index (χ2n) is 35.3. The van der Waals surface area contributed by atoms with Crippen molar-refractivity contribution >= 4 is 120 Å². The molecule has 6 N–H and O–H groups in total. The summed E-state index contributed by atoms with van der Waals surface area (Å²) in [6.07, 6.45) is 25.6. The van der Waals surface area contributed by atoms with Crippen molar-refractivity contribution in [2.24, 2.45) is 0 Å². The van der Waals surface area contributed by atoms with Crippen molar-refractivity contribution in [2.45, 2.75) is 241 Å². The van der Waals surface area contributed by atoms with Crippen LogP contribution in [0, 0.1) is 27.7 Å². The van der Waals surface area contributed by atoms with Crippen LogP contribution in [0.2, 0.25) is 0 Å². The summed E-state index contributed by atoms with van der Waals surface area (Å²) in [6.45, 7) is 24.1. The zero-order chi connectivity index (χ0) is 88.9. The number of hydrogen-bond acceptors (Lipinski definition) is 29. The van der Waals surface area contributed by atoms with Crippen molar-refractivity contribution in [1.82, 2.24) is 93.2 Å². The maximum absolute atomic E-state index is 13.4. The number of anilines is 9. The number of carbonyl (C=O) groups is 4. The molecule has 5 fully saturated rings. The third-order valence-corrected chi connectivity index (χ3v) is 27.1. The molecule has 128 heavy (non-hydrogen) atoms. The van der Waals surface area contributed by atoms with E-state index in [1.807, 2.05) is 36.4 Å². The van der Waals surface area contributed by atoms with Crippen LogP contribution < -0.4 is 54.1 Å². The van der Waals surface area contributed by atoms with Gasteiger partial charge in [-0.1, -0.05) is 82.6 Å². The van der Waals surface area contributed by atoms with Crippen LogP contribution >= 0.6 is 0 Å². The van der Waals surface area contributed by atoms with E-state index in [4.69, 9.17) is 34.6 Å². The molecule has 0 atom stereocenters. The van der Waals surface area contributed by atoms with E-state index in [0.717, 1.165) is 232 Å². The van der Waals surface area contributed by atoms with Gasteiger partial charge in [0.2, 0.25) is 23.8 Å². The van der Waals surface area contributed by atoms with E-state index in [9.17, 15) is 38.4 Å². The molecule has 12 aromatic heterocycles. The van der Waals surface area contributed by atoms with Crippen LogP contribution in [-0.4, -0.2) is 156 Å². The fourth-order valence-corrected chi connectivity index (χ4v) is 20.2. The van der Waals surface area contributed by atoms with Crippen LogP contribution in [0.3, 0.4) is 0 Å². The molecule has 4 saturated carbocycles. The van der Waals surface area contributed by atoms with Gasteiger partial charge in [0.05, 0.1) is 47.2 Å². The molecule has 0 bridgehead atoms. The Labute approximate surface area is 738 Å². The summed E-state index contributed by atoms with van der Waals surface area (Å²) in [7, 11) is 0. The third kappa shape index (κ3) is 17.1. The molecule has 12 aromatic rings. The molecule has 33 nitrogen and oxygen atoms in total. The van der Waals surface area contributed by atoms with Crippen LogP contribution in [0.1, 0.15) is 265 Å². The predicted molar refractivity (Wildman–Crippen MR) is 490 cm³/mol. The van der Waals surface area contributed by atoms with Crippen LogP contribution in [0.25, 0.3) is 44.1 Å². The number of ether oxygens (including phenoxy) is 1. The number of carbonyl (C=O) groups excluding carboxylic acids is 4. The van der Waals surface area contributed by atoms with E-state index in [1.165, 1.54) is 49.9 Å². The number of aryl methyl sites for hydroxylation is 4. The average Bonchev–Trinajstić information content (AvgIpc) is 1.16. The van der Waals surface area contributed by atoms with Gasteiger partial charge in [0.15, 0.2) is 23.1 Å². The van der Waals surface area contributed by atoms with Gasteiger partial charge in [-0.25, -0.2) is 39.9 Å². The lowest BCUT2D eigenvalue weighted by Crippen LogP contribution is -2.50. The first-order valence-electron chi connectivity index (χ1n) is 45.2. The lowest BCUT2D eigenvalue weighted by Gasteiger charge is -2.39. The fraction of sp³-hybridized carbons (Fsp3) is 0.453. The quantitative estimate of drug-likeness (QED) is 0.0435. The lowest BCUT2D eigenvalue weighted by molar-refractivity contribution is -0.0696. The van der Waals surface area contributed by atoms with Crippen LogP contribution in [0.5, 0.6) is 0 Å². The molecule has 17 heterocycles. The molecule has 0 aromatic carbocycles. The summed E-state index contributed by atoms with van der Waals surface area (Å²) >= 11 is 0. The third-order valence-electron chi connectivity index (χ3n) is 27.1. The molecule has 4 aliphatic carbocycles. The molecular formula is C95H108N24O9. The number of nitrogens with one attached hydrogen (secondary N) is 6. The fourth-order valence-electron chi connectivity index (χ4n) is 20.2. The number of hydrogen-bond donors (Lipinski definition) is 6. The van der Waals surface area contributed by atoms with E-state index >= 15 is 0 Å². The maximum atomic E-state index is 13.4. The van der Waals surface area contributed by atoms with Crippen LogP contribution in [-0.2, 0) is 50.2 Å². The number of nitrogens with zero attached hydrogens (tertiary/aromatic N) is 18. The Morgan fingerprint density at radius 2 is 0.727 bits per heavy atom. The van der Waals surface area contributed by atoms with Gasteiger partial charge in [-0.05, 0) is 188 Å². The minimum absolute atomic E-state index is 0.0531. The molecule has 5 aliphatic heterocycles. The van der Waals surface area contributed by atoms with Gasteiger partial charge < -0.3 is 36.6 Å².